The van der Waals surface area contributed by atoms with E-state index in [0.717, 1.165) is 11.1 Å². The molecule has 0 radical (unpaired) electrons. The lowest BCUT2D eigenvalue weighted by Crippen LogP contribution is -1.86. The Bertz CT molecular complexity index is 263. The van der Waals surface area contributed by atoms with E-state index in [0.29, 0.717) is 0 Å². The van der Waals surface area contributed by atoms with Crippen LogP contribution in [0, 0.1) is 0 Å². The Morgan fingerprint density at radius 3 is 2.00 bits per heavy atom. The van der Waals surface area contributed by atoms with Crippen molar-refractivity contribution in [3.63, 3.8) is 0 Å². The maximum atomic E-state index is 11.6. The molecule has 5 heteroatoms. The predicted octanol–water partition coefficient (Wildman–Crippen LogP) is 3.67. The zero-order valence-electron chi connectivity index (χ0n) is 8.20. The van der Waals surface area contributed by atoms with Gasteiger partial charge in [0, 0.05) is 20.0 Å². The van der Waals surface area contributed by atoms with Gasteiger partial charge in [0.2, 0.25) is 0 Å². The smallest absolute Gasteiger partial charge is 0.309 e. The molecule has 76 valence electrons. The lowest BCUT2D eigenvalue weighted by molar-refractivity contribution is 0.286. The molecule has 0 atom stereocenters. The van der Waals surface area contributed by atoms with E-state index in [1.54, 1.807) is 4.99 Å². The van der Waals surface area contributed by atoms with E-state index in [9.17, 15) is 4.57 Å². The van der Waals surface area contributed by atoms with E-state index in [4.69, 9.17) is 9.05 Å². The summed E-state index contributed by atoms with van der Waals surface area (Å²) in [4.78, 5) is 1.76. The van der Waals surface area contributed by atoms with Gasteiger partial charge >= 0.3 is 7.60 Å². The van der Waals surface area contributed by atoms with Crippen molar-refractivity contribution in [2.75, 3.05) is 14.2 Å². The van der Waals surface area contributed by atoms with Crippen molar-refractivity contribution in [3.05, 3.63) is 21.9 Å². The third-order valence-electron chi connectivity index (χ3n) is 1.65. The van der Waals surface area contributed by atoms with Gasteiger partial charge < -0.3 is 9.05 Å². The summed E-state index contributed by atoms with van der Waals surface area (Å²) in [5.41, 5.74) is 1.85. The Labute approximate surface area is 87.5 Å². The van der Waals surface area contributed by atoms with Gasteiger partial charge in [-0.05, 0) is 30.0 Å². The SMILES string of the molecule is COP(=O)(/C=C(C)/C(C)=C\Br)OC. The summed E-state index contributed by atoms with van der Waals surface area (Å²) >= 11 is 3.19. The summed E-state index contributed by atoms with van der Waals surface area (Å²) in [6.07, 6.45) is 0. The predicted molar refractivity (Wildman–Crippen MR) is 58.1 cm³/mol. The van der Waals surface area contributed by atoms with E-state index >= 15 is 0 Å². The van der Waals surface area contributed by atoms with Gasteiger partial charge in [-0.15, -0.1) is 0 Å². The molecule has 0 aromatic heterocycles. The van der Waals surface area contributed by atoms with E-state index in [1.165, 1.54) is 20.0 Å². The van der Waals surface area contributed by atoms with Crippen LogP contribution < -0.4 is 0 Å². The third kappa shape index (κ3) is 4.23. The molecule has 0 aliphatic carbocycles. The van der Waals surface area contributed by atoms with Crippen molar-refractivity contribution < 1.29 is 13.6 Å². The minimum absolute atomic E-state index is 0.865. The highest BCUT2D eigenvalue weighted by molar-refractivity contribution is 9.11. The Morgan fingerprint density at radius 1 is 1.23 bits per heavy atom. The van der Waals surface area contributed by atoms with E-state index in [1.807, 2.05) is 13.8 Å². The van der Waals surface area contributed by atoms with Crippen LogP contribution in [0.1, 0.15) is 13.8 Å². The molecule has 0 aromatic rings. The van der Waals surface area contributed by atoms with Gasteiger partial charge in [0.15, 0.2) is 0 Å². The van der Waals surface area contributed by atoms with Crippen molar-refractivity contribution in [2.45, 2.75) is 13.8 Å². The van der Waals surface area contributed by atoms with E-state index in [2.05, 4.69) is 15.9 Å². The fourth-order valence-electron chi connectivity index (χ4n) is 0.605. The molecule has 0 fully saturated rings. The highest BCUT2D eigenvalue weighted by Gasteiger charge is 2.17. The molecule has 0 amide bonds. The van der Waals surface area contributed by atoms with Crippen molar-refractivity contribution in [1.29, 1.82) is 0 Å². The lowest BCUT2D eigenvalue weighted by Gasteiger charge is -2.10. The standard InChI is InChI=1S/C8H14BrO3P/c1-7(5-9)8(2)6-13(10,11-3)12-4/h5-6H,1-4H3/b7-5-,8-6+. The Hall–Kier alpha value is 0.110. The average Bonchev–Trinajstić information content (AvgIpc) is 2.16. The van der Waals surface area contributed by atoms with Gasteiger partial charge in [0.1, 0.15) is 0 Å². The lowest BCUT2D eigenvalue weighted by atomic mass is 10.2. The first-order valence-corrected chi connectivity index (χ1v) is 6.20. The second-order valence-electron chi connectivity index (χ2n) is 2.51. The quantitative estimate of drug-likeness (QED) is 0.577. The summed E-state index contributed by atoms with van der Waals surface area (Å²) in [6, 6.07) is 0. The minimum Gasteiger partial charge on any atom is -0.309 e. The molecule has 0 unspecified atom stereocenters. The number of hydrogen-bond acceptors (Lipinski definition) is 3. The third-order valence-corrected chi connectivity index (χ3v) is 4.05. The molecule has 0 aromatic carbocycles. The molecule has 3 nitrogen and oxygen atoms in total. The van der Waals surface area contributed by atoms with Crippen molar-refractivity contribution in [2.24, 2.45) is 0 Å². The number of allylic oxidation sites excluding steroid dienone is 2. The van der Waals surface area contributed by atoms with E-state index in [-0.39, 0.29) is 0 Å². The molecule has 0 rings (SSSR count). The first-order chi connectivity index (χ1) is 5.99. The van der Waals surface area contributed by atoms with Crippen LogP contribution in [0.5, 0.6) is 0 Å². The highest BCUT2D eigenvalue weighted by Crippen LogP contribution is 2.49. The van der Waals surface area contributed by atoms with Crippen LogP contribution in [-0.4, -0.2) is 14.2 Å². The van der Waals surface area contributed by atoms with Crippen LogP contribution in [-0.2, 0) is 13.6 Å². The minimum atomic E-state index is -3.03. The molecular formula is C8H14BrO3P. The average molecular weight is 269 g/mol. The van der Waals surface area contributed by atoms with Crippen molar-refractivity contribution >= 4 is 23.5 Å². The van der Waals surface area contributed by atoms with E-state index < -0.39 is 7.60 Å². The summed E-state index contributed by atoms with van der Waals surface area (Å²) in [7, 11) is -0.303. The number of rotatable bonds is 4. The van der Waals surface area contributed by atoms with Gasteiger partial charge in [0.25, 0.3) is 0 Å². The molecule has 0 bridgehead atoms. The Morgan fingerprint density at radius 2 is 1.69 bits per heavy atom. The molecule has 0 N–H and O–H groups in total. The first kappa shape index (κ1) is 13.1. The summed E-state index contributed by atoms with van der Waals surface area (Å²) < 4.78 is 21.2. The fraction of sp³-hybridized carbons (Fsp3) is 0.500. The maximum absolute atomic E-state index is 11.6. The van der Waals surface area contributed by atoms with Crippen LogP contribution in [0.15, 0.2) is 21.9 Å². The van der Waals surface area contributed by atoms with Gasteiger partial charge in [-0.25, -0.2) is 0 Å². The summed E-state index contributed by atoms with van der Waals surface area (Å²) in [6.45, 7) is 3.74. The first-order valence-electron chi connectivity index (χ1n) is 3.67. The topological polar surface area (TPSA) is 35.5 Å². The van der Waals surface area contributed by atoms with Crippen molar-refractivity contribution in [3.8, 4) is 0 Å². The second-order valence-corrected chi connectivity index (χ2v) is 5.04. The van der Waals surface area contributed by atoms with Gasteiger partial charge in [-0.3, -0.25) is 4.57 Å². The molecule has 0 aliphatic heterocycles. The molecular weight excluding hydrogens is 255 g/mol. The number of hydrogen-bond donors (Lipinski definition) is 0. The van der Waals surface area contributed by atoms with Crippen molar-refractivity contribution in [1.82, 2.24) is 0 Å². The van der Waals surface area contributed by atoms with Gasteiger partial charge in [-0.2, -0.15) is 0 Å². The molecule has 0 saturated heterocycles. The summed E-state index contributed by atoms with van der Waals surface area (Å²) in [5.74, 6) is 1.50. The normalized spacial score (nSPS) is 14.8. The van der Waals surface area contributed by atoms with Crippen LogP contribution in [0.25, 0.3) is 0 Å². The monoisotopic (exact) mass is 268 g/mol. The highest BCUT2D eigenvalue weighted by atomic mass is 79.9. The zero-order valence-corrected chi connectivity index (χ0v) is 10.7. The Balaban J connectivity index is 4.82. The number of halogens is 1. The fourth-order valence-corrected chi connectivity index (χ4v) is 2.00. The largest absolute Gasteiger partial charge is 0.353 e. The van der Waals surface area contributed by atoms with Gasteiger partial charge in [-0.1, -0.05) is 15.9 Å². The molecule has 0 spiro atoms. The summed E-state index contributed by atoms with van der Waals surface area (Å²) in [5, 5.41) is 0. The van der Waals surface area contributed by atoms with Crippen LogP contribution in [0.2, 0.25) is 0 Å². The molecule has 13 heavy (non-hydrogen) atoms. The van der Waals surface area contributed by atoms with Crippen LogP contribution >= 0.6 is 23.5 Å². The second kappa shape index (κ2) is 5.76. The zero-order chi connectivity index (χ0) is 10.5. The Kier molecular flexibility index (Phi) is 5.81. The molecule has 0 aliphatic rings. The molecule has 0 heterocycles. The maximum Gasteiger partial charge on any atom is 0.353 e. The molecule has 0 saturated carbocycles. The van der Waals surface area contributed by atoms with Crippen LogP contribution in [0.4, 0.5) is 0 Å². The van der Waals surface area contributed by atoms with Gasteiger partial charge in [0.05, 0.1) is 0 Å². The van der Waals surface area contributed by atoms with Crippen LogP contribution in [0.3, 0.4) is 0 Å².